The Labute approximate surface area is 107 Å². The maximum Gasteiger partial charge on any atom is 0.0250 e. The minimum Gasteiger partial charge on any atom is -0.326 e. The molecule has 3 atom stereocenters. The van der Waals surface area contributed by atoms with Gasteiger partial charge in [-0.2, -0.15) is 0 Å². The summed E-state index contributed by atoms with van der Waals surface area (Å²) in [7, 11) is 0. The van der Waals surface area contributed by atoms with Crippen LogP contribution in [-0.4, -0.2) is 29.6 Å². The zero-order valence-electron chi connectivity index (χ0n) is 11.5. The molecule has 2 heteroatoms. The second kappa shape index (κ2) is 6.75. The Morgan fingerprint density at radius 1 is 0.824 bits per heavy atom. The molecule has 1 saturated heterocycles. The predicted molar refractivity (Wildman–Crippen MR) is 74.1 cm³/mol. The quantitative estimate of drug-likeness (QED) is 0.759. The van der Waals surface area contributed by atoms with Gasteiger partial charge in [-0.1, -0.05) is 38.5 Å². The third-order valence-electron chi connectivity index (χ3n) is 4.81. The Kier molecular flexibility index (Phi) is 5.30. The summed E-state index contributed by atoms with van der Waals surface area (Å²) in [5, 5.41) is 0. The van der Waals surface area contributed by atoms with Gasteiger partial charge in [0.1, 0.15) is 0 Å². The lowest BCUT2D eigenvalue weighted by molar-refractivity contribution is 0.109. The Morgan fingerprint density at radius 2 is 1.47 bits per heavy atom. The lowest BCUT2D eigenvalue weighted by atomic mass is 9.91. The van der Waals surface area contributed by atoms with Gasteiger partial charge in [-0.25, -0.2) is 0 Å². The number of rotatable bonds is 1. The van der Waals surface area contributed by atoms with Crippen molar-refractivity contribution < 1.29 is 0 Å². The SMILES string of the molecule is CC1CCCCCN1C1CCCCCCC1N. The van der Waals surface area contributed by atoms with Crippen LogP contribution in [0.4, 0.5) is 0 Å². The topological polar surface area (TPSA) is 29.3 Å². The van der Waals surface area contributed by atoms with Crippen molar-refractivity contribution in [3.63, 3.8) is 0 Å². The second-order valence-corrected chi connectivity index (χ2v) is 6.16. The summed E-state index contributed by atoms with van der Waals surface area (Å²) in [6.45, 7) is 3.70. The van der Waals surface area contributed by atoms with Gasteiger partial charge < -0.3 is 5.73 Å². The van der Waals surface area contributed by atoms with E-state index in [4.69, 9.17) is 5.73 Å². The van der Waals surface area contributed by atoms with Crippen LogP contribution >= 0.6 is 0 Å². The van der Waals surface area contributed by atoms with Gasteiger partial charge in [0, 0.05) is 18.1 Å². The number of hydrogen-bond acceptors (Lipinski definition) is 2. The molecule has 3 unspecified atom stereocenters. The van der Waals surface area contributed by atoms with Crippen molar-refractivity contribution in [2.75, 3.05) is 6.54 Å². The van der Waals surface area contributed by atoms with E-state index in [2.05, 4.69) is 11.8 Å². The summed E-state index contributed by atoms with van der Waals surface area (Å²) in [4.78, 5) is 2.75. The van der Waals surface area contributed by atoms with Gasteiger partial charge in [0.2, 0.25) is 0 Å². The summed E-state index contributed by atoms with van der Waals surface area (Å²) in [6, 6.07) is 1.85. The Hall–Kier alpha value is -0.0800. The number of nitrogens with zero attached hydrogens (tertiary/aromatic N) is 1. The van der Waals surface area contributed by atoms with E-state index in [0.29, 0.717) is 12.1 Å². The highest BCUT2D eigenvalue weighted by molar-refractivity contribution is 4.87. The standard InChI is InChI=1S/C15H30N2/c1-13-9-5-4-8-12-17(13)15-11-7-3-2-6-10-14(15)16/h13-15H,2-12,16H2,1H3. The van der Waals surface area contributed by atoms with Crippen molar-refractivity contribution in [1.29, 1.82) is 0 Å². The van der Waals surface area contributed by atoms with E-state index in [-0.39, 0.29) is 0 Å². The van der Waals surface area contributed by atoms with Crippen molar-refractivity contribution in [3.05, 3.63) is 0 Å². The molecule has 2 rings (SSSR count). The fourth-order valence-corrected chi connectivity index (χ4v) is 3.70. The molecule has 0 radical (unpaired) electrons. The highest BCUT2D eigenvalue weighted by atomic mass is 15.2. The zero-order chi connectivity index (χ0) is 12.1. The molecule has 0 amide bonds. The van der Waals surface area contributed by atoms with Crippen LogP contribution < -0.4 is 5.73 Å². The van der Waals surface area contributed by atoms with Crippen molar-refractivity contribution >= 4 is 0 Å². The predicted octanol–water partition coefficient (Wildman–Crippen LogP) is 3.30. The van der Waals surface area contributed by atoms with Gasteiger partial charge in [-0.3, -0.25) is 4.90 Å². The summed E-state index contributed by atoms with van der Waals surface area (Å²) in [5.41, 5.74) is 6.45. The summed E-state index contributed by atoms with van der Waals surface area (Å²) in [6.07, 6.45) is 13.7. The molecule has 0 aromatic heterocycles. The molecule has 1 aliphatic heterocycles. The first-order valence-electron chi connectivity index (χ1n) is 7.80. The second-order valence-electron chi connectivity index (χ2n) is 6.16. The third kappa shape index (κ3) is 3.69. The molecule has 17 heavy (non-hydrogen) atoms. The third-order valence-corrected chi connectivity index (χ3v) is 4.81. The normalized spacial score (nSPS) is 38.1. The Bertz CT molecular complexity index is 217. The largest absolute Gasteiger partial charge is 0.326 e. The van der Waals surface area contributed by atoms with Crippen LogP contribution in [0.5, 0.6) is 0 Å². The van der Waals surface area contributed by atoms with E-state index >= 15 is 0 Å². The number of likely N-dealkylation sites (tertiary alicyclic amines) is 1. The van der Waals surface area contributed by atoms with Crippen LogP contribution in [0.25, 0.3) is 0 Å². The van der Waals surface area contributed by atoms with Crippen LogP contribution in [0, 0.1) is 0 Å². The highest BCUT2D eigenvalue weighted by Crippen LogP contribution is 2.26. The van der Waals surface area contributed by atoms with Crippen molar-refractivity contribution in [3.8, 4) is 0 Å². The first kappa shape index (κ1) is 13.4. The van der Waals surface area contributed by atoms with Gasteiger partial charge in [0.25, 0.3) is 0 Å². The minimum atomic E-state index is 0.427. The van der Waals surface area contributed by atoms with Crippen LogP contribution in [0.15, 0.2) is 0 Å². The average molecular weight is 238 g/mol. The van der Waals surface area contributed by atoms with Crippen LogP contribution in [0.1, 0.15) is 71.1 Å². The van der Waals surface area contributed by atoms with Gasteiger partial charge >= 0.3 is 0 Å². The van der Waals surface area contributed by atoms with Crippen molar-refractivity contribution in [2.24, 2.45) is 5.73 Å². The molecule has 2 fully saturated rings. The molecule has 2 N–H and O–H groups in total. The van der Waals surface area contributed by atoms with Gasteiger partial charge in [0.05, 0.1) is 0 Å². The van der Waals surface area contributed by atoms with Crippen LogP contribution in [0.3, 0.4) is 0 Å². The van der Waals surface area contributed by atoms with Gasteiger partial charge in [-0.05, 0) is 39.2 Å². The van der Waals surface area contributed by atoms with Crippen LogP contribution in [-0.2, 0) is 0 Å². The lowest BCUT2D eigenvalue weighted by Gasteiger charge is -2.39. The molecule has 0 aromatic rings. The summed E-state index contributed by atoms with van der Waals surface area (Å²) in [5.74, 6) is 0. The molecule has 1 aliphatic carbocycles. The molecular formula is C15H30N2. The van der Waals surface area contributed by atoms with Gasteiger partial charge in [0.15, 0.2) is 0 Å². The molecule has 0 bridgehead atoms. The fourth-order valence-electron chi connectivity index (χ4n) is 3.70. The number of hydrogen-bond donors (Lipinski definition) is 1. The van der Waals surface area contributed by atoms with E-state index in [0.717, 1.165) is 6.04 Å². The summed E-state index contributed by atoms with van der Waals surface area (Å²) < 4.78 is 0. The maximum atomic E-state index is 6.45. The Morgan fingerprint density at radius 3 is 2.29 bits per heavy atom. The molecule has 2 aliphatic rings. The van der Waals surface area contributed by atoms with Gasteiger partial charge in [-0.15, -0.1) is 0 Å². The van der Waals surface area contributed by atoms with E-state index in [1.54, 1.807) is 0 Å². The lowest BCUT2D eigenvalue weighted by Crippen LogP contribution is -2.51. The average Bonchev–Trinajstić information content (AvgIpc) is 2.50. The monoisotopic (exact) mass is 238 g/mol. The molecule has 0 spiro atoms. The fraction of sp³-hybridized carbons (Fsp3) is 1.00. The van der Waals surface area contributed by atoms with E-state index in [1.807, 2.05) is 0 Å². The smallest absolute Gasteiger partial charge is 0.0250 e. The highest BCUT2D eigenvalue weighted by Gasteiger charge is 2.29. The maximum absolute atomic E-state index is 6.45. The first-order valence-corrected chi connectivity index (χ1v) is 7.80. The van der Waals surface area contributed by atoms with E-state index in [1.165, 1.54) is 70.8 Å². The summed E-state index contributed by atoms with van der Waals surface area (Å²) >= 11 is 0. The zero-order valence-corrected chi connectivity index (χ0v) is 11.5. The number of nitrogens with two attached hydrogens (primary N) is 1. The van der Waals surface area contributed by atoms with Crippen molar-refractivity contribution in [2.45, 2.75) is 89.3 Å². The van der Waals surface area contributed by atoms with Crippen molar-refractivity contribution in [1.82, 2.24) is 4.90 Å². The molecular weight excluding hydrogens is 208 g/mol. The molecule has 0 aromatic carbocycles. The van der Waals surface area contributed by atoms with Crippen LogP contribution in [0.2, 0.25) is 0 Å². The minimum absolute atomic E-state index is 0.427. The van der Waals surface area contributed by atoms with E-state index < -0.39 is 0 Å². The van der Waals surface area contributed by atoms with E-state index in [9.17, 15) is 0 Å². The Balaban J connectivity index is 1.99. The first-order chi connectivity index (χ1) is 8.29. The molecule has 2 nitrogen and oxygen atoms in total. The molecule has 100 valence electrons. The molecule has 1 saturated carbocycles. The molecule has 1 heterocycles.